The zero-order chi connectivity index (χ0) is 19.8. The van der Waals surface area contributed by atoms with Gasteiger partial charge in [0, 0.05) is 6.04 Å². The van der Waals surface area contributed by atoms with Crippen molar-refractivity contribution in [2.24, 2.45) is 11.5 Å². The average molecular weight is 382 g/mol. The second-order valence-electron chi connectivity index (χ2n) is 8.10. The minimum absolute atomic E-state index is 0.571. The molecule has 5 N–H and O–H groups in total. The average Bonchev–Trinajstić information content (AvgIpc) is 2.68. The summed E-state index contributed by atoms with van der Waals surface area (Å²) >= 11 is 0. The van der Waals surface area contributed by atoms with E-state index in [0.29, 0.717) is 6.04 Å². The Morgan fingerprint density at radius 2 is 1.19 bits per heavy atom. The highest BCUT2D eigenvalue weighted by atomic mass is 14.9. The van der Waals surface area contributed by atoms with Crippen LogP contribution in [0.2, 0.25) is 0 Å². The first kappa shape index (κ1) is 26.6. The number of hydrogen-bond donors (Lipinski definition) is 3. The van der Waals surface area contributed by atoms with E-state index in [1.54, 1.807) is 0 Å². The van der Waals surface area contributed by atoms with Gasteiger partial charge in [0.05, 0.1) is 0 Å². The van der Waals surface area contributed by atoms with Crippen LogP contribution in [0, 0.1) is 0 Å². The molecule has 162 valence electrons. The molecule has 0 aromatic rings. The molecule has 0 radical (unpaired) electrons. The van der Waals surface area contributed by atoms with Crippen LogP contribution in [0.3, 0.4) is 0 Å². The van der Waals surface area contributed by atoms with Gasteiger partial charge in [0.15, 0.2) is 0 Å². The van der Waals surface area contributed by atoms with Gasteiger partial charge in [0.25, 0.3) is 0 Å². The van der Waals surface area contributed by atoms with Crippen molar-refractivity contribution in [1.82, 2.24) is 5.32 Å². The third-order valence-corrected chi connectivity index (χ3v) is 5.39. The minimum Gasteiger partial charge on any atom is -0.330 e. The third-order valence-electron chi connectivity index (χ3n) is 5.39. The zero-order valence-corrected chi connectivity index (χ0v) is 18.5. The fraction of sp³-hybridized carbons (Fsp3) is 0.917. The van der Waals surface area contributed by atoms with E-state index in [1.807, 2.05) is 0 Å². The second kappa shape index (κ2) is 23.7. The number of nitrogens with two attached hydrogens (primary N) is 2. The van der Waals surface area contributed by atoms with Crippen LogP contribution in [0.4, 0.5) is 0 Å². The van der Waals surface area contributed by atoms with Crippen molar-refractivity contribution >= 4 is 0 Å². The lowest BCUT2D eigenvalue weighted by molar-refractivity contribution is 0.437. The lowest BCUT2D eigenvalue weighted by Crippen LogP contribution is -2.32. The van der Waals surface area contributed by atoms with Gasteiger partial charge in [-0.2, -0.15) is 0 Å². The molecule has 0 aliphatic rings. The molecule has 0 amide bonds. The normalized spacial score (nSPS) is 12.9. The van der Waals surface area contributed by atoms with Gasteiger partial charge in [-0.3, -0.25) is 0 Å². The molecule has 0 saturated carbocycles. The summed E-state index contributed by atoms with van der Waals surface area (Å²) in [6, 6.07) is 0.571. The zero-order valence-electron chi connectivity index (χ0n) is 18.5. The molecule has 0 heterocycles. The van der Waals surface area contributed by atoms with Gasteiger partial charge >= 0.3 is 0 Å². The molecule has 27 heavy (non-hydrogen) atoms. The monoisotopic (exact) mass is 381 g/mol. The Bertz CT molecular complexity index is 291. The van der Waals surface area contributed by atoms with Gasteiger partial charge in [-0.25, -0.2) is 0 Å². The summed E-state index contributed by atoms with van der Waals surface area (Å²) in [5.41, 5.74) is 11.3. The van der Waals surface area contributed by atoms with Crippen LogP contribution < -0.4 is 16.8 Å². The molecule has 1 atom stereocenters. The SMILES string of the molecule is CCCCCCCCC=CCCCCCCCCNC(CCN)CCCN. The van der Waals surface area contributed by atoms with Crippen LogP contribution in [0.5, 0.6) is 0 Å². The Kier molecular flexibility index (Phi) is 23.3. The van der Waals surface area contributed by atoms with Crippen molar-refractivity contribution in [2.75, 3.05) is 19.6 Å². The Hall–Kier alpha value is -0.380. The van der Waals surface area contributed by atoms with Crippen molar-refractivity contribution in [3.05, 3.63) is 12.2 Å². The van der Waals surface area contributed by atoms with E-state index in [1.165, 1.54) is 96.3 Å². The van der Waals surface area contributed by atoms with E-state index < -0.39 is 0 Å². The van der Waals surface area contributed by atoms with Gasteiger partial charge in [0.2, 0.25) is 0 Å². The molecular weight excluding hydrogens is 330 g/mol. The summed E-state index contributed by atoms with van der Waals surface area (Å²) in [5.74, 6) is 0. The van der Waals surface area contributed by atoms with Crippen molar-refractivity contribution in [3.63, 3.8) is 0 Å². The third kappa shape index (κ3) is 21.8. The number of hydrogen-bond acceptors (Lipinski definition) is 3. The van der Waals surface area contributed by atoms with E-state index in [9.17, 15) is 0 Å². The standard InChI is InChI=1S/C24H51N3/c1-2-3-4-5-6-7-8-9-10-11-12-13-14-15-16-17-23-27-24(20-22-26)19-18-21-25/h9-10,24,27H,2-8,11-23,25-26H2,1H3. The lowest BCUT2D eigenvalue weighted by Gasteiger charge is -2.17. The molecule has 0 spiro atoms. The highest BCUT2D eigenvalue weighted by molar-refractivity contribution is 4.81. The number of rotatable bonds is 22. The lowest BCUT2D eigenvalue weighted by atomic mass is 10.1. The predicted molar refractivity (Wildman–Crippen MR) is 123 cm³/mol. The van der Waals surface area contributed by atoms with E-state index in [2.05, 4.69) is 24.4 Å². The van der Waals surface area contributed by atoms with Crippen LogP contribution in [-0.4, -0.2) is 25.7 Å². The molecule has 0 aliphatic carbocycles. The van der Waals surface area contributed by atoms with Crippen LogP contribution in [0.15, 0.2) is 12.2 Å². The maximum Gasteiger partial charge on any atom is 0.00795 e. The Morgan fingerprint density at radius 1 is 0.630 bits per heavy atom. The molecule has 0 aromatic heterocycles. The first-order chi connectivity index (χ1) is 13.3. The summed E-state index contributed by atoms with van der Waals surface area (Å²) in [5, 5.41) is 3.66. The largest absolute Gasteiger partial charge is 0.330 e. The number of allylic oxidation sites excluding steroid dienone is 2. The fourth-order valence-corrected chi connectivity index (χ4v) is 3.59. The van der Waals surface area contributed by atoms with Crippen molar-refractivity contribution in [2.45, 2.75) is 122 Å². The van der Waals surface area contributed by atoms with E-state index in [-0.39, 0.29) is 0 Å². The van der Waals surface area contributed by atoms with Crippen LogP contribution in [-0.2, 0) is 0 Å². The smallest absolute Gasteiger partial charge is 0.00795 e. The molecule has 0 bridgehead atoms. The van der Waals surface area contributed by atoms with Crippen molar-refractivity contribution < 1.29 is 0 Å². The minimum atomic E-state index is 0.571. The first-order valence-electron chi connectivity index (χ1n) is 12.1. The summed E-state index contributed by atoms with van der Waals surface area (Å²) in [6.07, 6.45) is 27.3. The van der Waals surface area contributed by atoms with Crippen molar-refractivity contribution in [3.8, 4) is 0 Å². The highest BCUT2D eigenvalue weighted by Gasteiger charge is 2.05. The van der Waals surface area contributed by atoms with Gasteiger partial charge in [-0.05, 0) is 71.0 Å². The summed E-state index contributed by atoms with van der Waals surface area (Å²) in [7, 11) is 0. The Morgan fingerprint density at radius 3 is 1.74 bits per heavy atom. The van der Waals surface area contributed by atoms with Gasteiger partial charge in [0.1, 0.15) is 0 Å². The van der Waals surface area contributed by atoms with E-state index in [4.69, 9.17) is 11.5 Å². The fourth-order valence-electron chi connectivity index (χ4n) is 3.59. The molecule has 0 aliphatic heterocycles. The molecule has 0 fully saturated rings. The molecule has 0 aromatic carbocycles. The topological polar surface area (TPSA) is 64.1 Å². The molecule has 0 saturated heterocycles. The Labute approximate surface area is 171 Å². The van der Waals surface area contributed by atoms with Crippen molar-refractivity contribution in [1.29, 1.82) is 0 Å². The van der Waals surface area contributed by atoms with Gasteiger partial charge in [-0.15, -0.1) is 0 Å². The van der Waals surface area contributed by atoms with Gasteiger partial charge < -0.3 is 16.8 Å². The Balaban J connectivity index is 3.26. The van der Waals surface area contributed by atoms with E-state index >= 15 is 0 Å². The highest BCUT2D eigenvalue weighted by Crippen LogP contribution is 2.10. The number of nitrogens with one attached hydrogen (secondary N) is 1. The quantitative estimate of drug-likeness (QED) is 0.157. The van der Waals surface area contributed by atoms with Crippen LogP contribution in [0.1, 0.15) is 116 Å². The van der Waals surface area contributed by atoms with Crippen LogP contribution >= 0.6 is 0 Å². The number of unbranched alkanes of at least 4 members (excludes halogenated alkanes) is 12. The van der Waals surface area contributed by atoms with Crippen LogP contribution in [0.25, 0.3) is 0 Å². The second-order valence-corrected chi connectivity index (χ2v) is 8.10. The summed E-state index contributed by atoms with van der Waals surface area (Å²) in [6.45, 7) is 4.98. The summed E-state index contributed by atoms with van der Waals surface area (Å²) < 4.78 is 0. The maximum atomic E-state index is 5.69. The molecule has 1 unspecified atom stereocenters. The predicted octanol–water partition coefficient (Wildman–Crippen LogP) is 6.07. The maximum absolute atomic E-state index is 5.69. The summed E-state index contributed by atoms with van der Waals surface area (Å²) in [4.78, 5) is 0. The molecule has 0 rings (SSSR count). The van der Waals surface area contributed by atoms with Gasteiger partial charge in [-0.1, -0.05) is 76.9 Å². The first-order valence-corrected chi connectivity index (χ1v) is 12.1. The molecule has 3 nitrogen and oxygen atoms in total. The van der Waals surface area contributed by atoms with E-state index in [0.717, 1.165) is 32.5 Å². The molecular formula is C24H51N3. The molecule has 3 heteroatoms.